The quantitative estimate of drug-likeness (QED) is 0.617. The molecule has 1 heterocycles. The number of hydrogen-bond donors (Lipinski definition) is 3. The predicted octanol–water partition coefficient (Wildman–Crippen LogP) is 0.216. The molecule has 3 N–H and O–H groups in total. The van der Waals surface area contributed by atoms with Gasteiger partial charge in [0.2, 0.25) is 0 Å². The average Bonchev–Trinajstić information content (AvgIpc) is 2.24. The summed E-state index contributed by atoms with van der Waals surface area (Å²) in [6.45, 7) is 1.82. The van der Waals surface area contributed by atoms with E-state index in [0.29, 0.717) is 0 Å². The fourth-order valence-corrected chi connectivity index (χ4v) is 1.41. The highest BCUT2D eigenvalue weighted by Crippen LogP contribution is 2.24. The first-order valence-corrected chi connectivity index (χ1v) is 4.60. The average molecular weight is 208 g/mol. The molecule has 1 aliphatic rings. The Morgan fingerprint density at radius 3 is 2.60 bits per heavy atom. The zero-order chi connectivity index (χ0) is 10.9. The number of amides is 1. The van der Waals surface area contributed by atoms with Crippen LogP contribution >= 0.6 is 0 Å². The van der Waals surface area contributed by atoms with Gasteiger partial charge in [-0.15, -0.1) is 0 Å². The predicted molar refractivity (Wildman–Crippen MR) is 52.7 cm³/mol. The molecule has 0 bridgehead atoms. The van der Waals surface area contributed by atoms with Crippen LogP contribution < -0.4 is 10.9 Å². The van der Waals surface area contributed by atoms with E-state index < -0.39 is 5.72 Å². The Bertz CT molecular complexity index is 365. The molecule has 1 aliphatic heterocycles. The van der Waals surface area contributed by atoms with Crippen molar-refractivity contribution < 1.29 is 14.6 Å². The highest BCUT2D eigenvalue weighted by molar-refractivity contribution is 5.77. The van der Waals surface area contributed by atoms with E-state index in [1.54, 1.807) is 31.2 Å². The third-order valence-corrected chi connectivity index (χ3v) is 2.35. The van der Waals surface area contributed by atoms with Crippen LogP contribution in [0.2, 0.25) is 0 Å². The van der Waals surface area contributed by atoms with Crippen LogP contribution in [-0.4, -0.2) is 17.6 Å². The maximum absolute atomic E-state index is 10.9. The van der Waals surface area contributed by atoms with Crippen LogP contribution in [0.3, 0.4) is 0 Å². The molecule has 1 saturated heterocycles. The number of carbonyl (C=O) groups excluding carboxylic acids is 1. The van der Waals surface area contributed by atoms with Gasteiger partial charge in [0.15, 0.2) is 5.72 Å². The Morgan fingerprint density at radius 2 is 2.07 bits per heavy atom. The van der Waals surface area contributed by atoms with Crippen molar-refractivity contribution in [2.45, 2.75) is 12.6 Å². The van der Waals surface area contributed by atoms with Gasteiger partial charge < -0.3 is 9.84 Å². The molecular weight excluding hydrogens is 196 g/mol. The molecule has 0 radical (unpaired) electrons. The van der Waals surface area contributed by atoms with Gasteiger partial charge in [-0.05, 0) is 19.1 Å². The van der Waals surface area contributed by atoms with Gasteiger partial charge in [-0.3, -0.25) is 10.2 Å². The van der Waals surface area contributed by atoms with E-state index in [1.807, 2.05) is 0 Å². The van der Waals surface area contributed by atoms with Crippen LogP contribution in [0, 0.1) is 0 Å². The number of carbonyl (C=O) groups is 1. The van der Waals surface area contributed by atoms with Crippen LogP contribution in [0.1, 0.15) is 12.5 Å². The molecular formula is C10H12N2O3. The second kappa shape index (κ2) is 3.52. The van der Waals surface area contributed by atoms with E-state index >= 15 is 0 Å². The molecule has 15 heavy (non-hydrogen) atoms. The number of aromatic hydroxyl groups is 1. The number of hydrogen-bond acceptors (Lipinski definition) is 4. The third-order valence-electron chi connectivity index (χ3n) is 2.35. The summed E-state index contributed by atoms with van der Waals surface area (Å²) in [5, 5.41) is 9.15. The van der Waals surface area contributed by atoms with Gasteiger partial charge in [-0.2, -0.15) is 5.43 Å². The SMILES string of the molecule is CC1(c2ccc(O)cc2)NNC(=O)CO1. The summed E-state index contributed by atoms with van der Waals surface area (Å²) in [6, 6.07) is 6.61. The van der Waals surface area contributed by atoms with E-state index in [4.69, 9.17) is 9.84 Å². The fraction of sp³-hybridized carbons (Fsp3) is 0.300. The maximum Gasteiger partial charge on any atom is 0.260 e. The largest absolute Gasteiger partial charge is 0.508 e. The minimum absolute atomic E-state index is 0.0182. The van der Waals surface area contributed by atoms with Gasteiger partial charge in [-0.25, -0.2) is 0 Å². The summed E-state index contributed by atoms with van der Waals surface area (Å²) < 4.78 is 5.40. The number of nitrogens with one attached hydrogen (secondary N) is 2. The lowest BCUT2D eigenvalue weighted by Gasteiger charge is -2.35. The zero-order valence-electron chi connectivity index (χ0n) is 8.28. The topological polar surface area (TPSA) is 70.6 Å². The van der Waals surface area contributed by atoms with Crippen LogP contribution in [-0.2, 0) is 15.3 Å². The van der Waals surface area contributed by atoms with E-state index in [-0.39, 0.29) is 18.3 Å². The van der Waals surface area contributed by atoms with Crippen molar-refractivity contribution in [3.63, 3.8) is 0 Å². The highest BCUT2D eigenvalue weighted by Gasteiger charge is 2.32. The van der Waals surface area contributed by atoms with Gasteiger partial charge in [0, 0.05) is 5.56 Å². The minimum Gasteiger partial charge on any atom is -0.508 e. The molecule has 5 heteroatoms. The molecule has 0 spiro atoms. The Labute approximate surface area is 87.0 Å². The van der Waals surface area contributed by atoms with Crippen molar-refractivity contribution in [1.82, 2.24) is 10.9 Å². The summed E-state index contributed by atoms with van der Waals surface area (Å²) >= 11 is 0. The molecule has 0 saturated carbocycles. The number of rotatable bonds is 1. The number of phenols is 1. The first kappa shape index (κ1) is 9.95. The van der Waals surface area contributed by atoms with Crippen molar-refractivity contribution in [3.05, 3.63) is 29.8 Å². The normalized spacial score (nSPS) is 26.1. The summed E-state index contributed by atoms with van der Waals surface area (Å²) in [5.41, 5.74) is 5.37. The highest BCUT2D eigenvalue weighted by atomic mass is 16.5. The summed E-state index contributed by atoms with van der Waals surface area (Å²) in [5.74, 6) is -0.00607. The van der Waals surface area contributed by atoms with Gasteiger partial charge in [-0.1, -0.05) is 12.1 Å². The van der Waals surface area contributed by atoms with Crippen LogP contribution in [0.4, 0.5) is 0 Å². The molecule has 2 rings (SSSR count). The fourth-order valence-electron chi connectivity index (χ4n) is 1.41. The number of ether oxygens (including phenoxy) is 1. The molecule has 5 nitrogen and oxygen atoms in total. The van der Waals surface area contributed by atoms with E-state index in [0.717, 1.165) is 5.56 Å². The molecule has 1 unspecified atom stereocenters. The number of hydrazine groups is 1. The van der Waals surface area contributed by atoms with Gasteiger partial charge >= 0.3 is 0 Å². The van der Waals surface area contributed by atoms with Crippen molar-refractivity contribution in [2.75, 3.05) is 6.61 Å². The molecule has 0 aromatic heterocycles. The second-order valence-corrected chi connectivity index (χ2v) is 3.54. The smallest absolute Gasteiger partial charge is 0.260 e. The Morgan fingerprint density at radius 1 is 1.40 bits per heavy atom. The van der Waals surface area contributed by atoms with Crippen LogP contribution in [0.5, 0.6) is 5.75 Å². The second-order valence-electron chi connectivity index (χ2n) is 3.54. The summed E-state index contributed by atoms with van der Waals surface area (Å²) in [6.07, 6.45) is 0. The standard InChI is InChI=1S/C10H12N2O3/c1-10(12-11-9(14)6-15-10)7-2-4-8(13)5-3-7/h2-5,12-13H,6H2,1H3,(H,11,14). The van der Waals surface area contributed by atoms with Crippen molar-refractivity contribution in [3.8, 4) is 5.75 Å². The van der Waals surface area contributed by atoms with Gasteiger partial charge in [0.05, 0.1) is 0 Å². The monoisotopic (exact) mass is 208 g/mol. The van der Waals surface area contributed by atoms with Crippen molar-refractivity contribution in [1.29, 1.82) is 0 Å². The van der Waals surface area contributed by atoms with E-state index in [2.05, 4.69) is 10.9 Å². The Hall–Kier alpha value is -1.59. The minimum atomic E-state index is -0.748. The van der Waals surface area contributed by atoms with Gasteiger partial charge in [0.1, 0.15) is 12.4 Å². The van der Waals surface area contributed by atoms with Gasteiger partial charge in [0.25, 0.3) is 5.91 Å². The molecule has 1 aromatic rings. The molecule has 0 aliphatic carbocycles. The lowest BCUT2D eigenvalue weighted by Crippen LogP contribution is -2.58. The van der Waals surface area contributed by atoms with Crippen LogP contribution in [0.25, 0.3) is 0 Å². The van der Waals surface area contributed by atoms with Crippen molar-refractivity contribution >= 4 is 5.91 Å². The third kappa shape index (κ3) is 1.93. The van der Waals surface area contributed by atoms with Crippen LogP contribution in [0.15, 0.2) is 24.3 Å². The zero-order valence-corrected chi connectivity index (χ0v) is 8.28. The first-order valence-electron chi connectivity index (χ1n) is 4.60. The lowest BCUT2D eigenvalue weighted by atomic mass is 10.0. The number of benzene rings is 1. The van der Waals surface area contributed by atoms with E-state index in [1.165, 1.54) is 0 Å². The Balaban J connectivity index is 2.22. The van der Waals surface area contributed by atoms with E-state index in [9.17, 15) is 4.79 Å². The van der Waals surface area contributed by atoms with Crippen molar-refractivity contribution in [2.24, 2.45) is 0 Å². The molecule has 1 aromatic carbocycles. The molecule has 1 fully saturated rings. The Kier molecular flexibility index (Phi) is 2.34. The lowest BCUT2D eigenvalue weighted by molar-refractivity contribution is -0.154. The molecule has 80 valence electrons. The summed E-state index contributed by atoms with van der Waals surface area (Å²) in [7, 11) is 0. The first-order chi connectivity index (χ1) is 7.10. The number of phenolic OH excluding ortho intramolecular Hbond substituents is 1. The molecule has 1 amide bonds. The maximum atomic E-state index is 10.9. The summed E-state index contributed by atoms with van der Waals surface area (Å²) in [4.78, 5) is 10.9. The molecule has 1 atom stereocenters.